The van der Waals surface area contributed by atoms with Gasteiger partial charge in [0.1, 0.15) is 5.76 Å². The minimum Gasteiger partial charge on any atom is -0.453 e. The molecule has 0 bridgehead atoms. The number of hydrogen-bond acceptors (Lipinski definition) is 3. The van der Waals surface area contributed by atoms with E-state index in [2.05, 4.69) is 12.2 Å². The number of aryl methyl sites for hydroxylation is 1. The standard InChI is InChI=1S/C17H19NO3/c1-3-4-5-17(20)18-15-8-6-13(10-12(15)2)16-9-7-14(11-19)21-16/h6-11H,3-5H2,1-2H3,(H,18,20). The van der Waals surface area contributed by atoms with Crippen LogP contribution < -0.4 is 5.32 Å². The fourth-order valence-electron chi connectivity index (χ4n) is 2.08. The van der Waals surface area contributed by atoms with E-state index in [0.717, 1.165) is 29.7 Å². The van der Waals surface area contributed by atoms with E-state index in [4.69, 9.17) is 4.42 Å². The molecule has 21 heavy (non-hydrogen) atoms. The van der Waals surface area contributed by atoms with Gasteiger partial charge in [-0.2, -0.15) is 0 Å². The van der Waals surface area contributed by atoms with Crippen LogP contribution in [0.3, 0.4) is 0 Å². The van der Waals surface area contributed by atoms with Gasteiger partial charge in [-0.25, -0.2) is 0 Å². The third-order valence-corrected chi connectivity index (χ3v) is 3.29. The first-order chi connectivity index (χ1) is 10.1. The number of benzene rings is 1. The Morgan fingerprint density at radius 2 is 2.10 bits per heavy atom. The predicted molar refractivity (Wildman–Crippen MR) is 82.4 cm³/mol. The van der Waals surface area contributed by atoms with Crippen LogP contribution in [0, 0.1) is 6.92 Å². The Hall–Kier alpha value is -2.36. The minimum absolute atomic E-state index is 0.0361. The lowest BCUT2D eigenvalue weighted by molar-refractivity contribution is -0.116. The van der Waals surface area contributed by atoms with Gasteiger partial charge in [-0.1, -0.05) is 13.3 Å². The van der Waals surface area contributed by atoms with Gasteiger partial charge in [0, 0.05) is 17.7 Å². The van der Waals surface area contributed by atoms with Crippen LogP contribution in [0.5, 0.6) is 0 Å². The predicted octanol–water partition coefficient (Wildman–Crippen LogP) is 4.20. The Morgan fingerprint density at radius 3 is 2.71 bits per heavy atom. The first-order valence-corrected chi connectivity index (χ1v) is 7.10. The molecule has 0 spiro atoms. The summed E-state index contributed by atoms with van der Waals surface area (Å²) in [5.41, 5.74) is 2.65. The first-order valence-electron chi connectivity index (χ1n) is 7.10. The molecular weight excluding hydrogens is 266 g/mol. The number of unbranched alkanes of at least 4 members (excludes halogenated alkanes) is 1. The Morgan fingerprint density at radius 1 is 1.29 bits per heavy atom. The Balaban J connectivity index is 2.13. The number of aldehydes is 1. The van der Waals surface area contributed by atoms with Crippen LogP contribution in [0.4, 0.5) is 5.69 Å². The van der Waals surface area contributed by atoms with Crippen LogP contribution in [0.15, 0.2) is 34.7 Å². The van der Waals surface area contributed by atoms with Gasteiger partial charge in [-0.15, -0.1) is 0 Å². The molecule has 0 aliphatic rings. The van der Waals surface area contributed by atoms with E-state index >= 15 is 0 Å². The second-order valence-corrected chi connectivity index (χ2v) is 5.00. The normalized spacial score (nSPS) is 10.4. The molecule has 0 atom stereocenters. The molecule has 1 amide bonds. The molecule has 0 unspecified atom stereocenters. The quantitative estimate of drug-likeness (QED) is 0.809. The zero-order valence-electron chi connectivity index (χ0n) is 12.3. The van der Waals surface area contributed by atoms with Gasteiger partial charge in [0.25, 0.3) is 0 Å². The van der Waals surface area contributed by atoms with Crippen molar-refractivity contribution >= 4 is 17.9 Å². The van der Waals surface area contributed by atoms with Crippen molar-refractivity contribution in [3.8, 4) is 11.3 Å². The molecular formula is C17H19NO3. The Labute approximate surface area is 124 Å². The molecule has 4 heteroatoms. The number of anilines is 1. The van der Waals surface area contributed by atoms with E-state index in [9.17, 15) is 9.59 Å². The summed E-state index contributed by atoms with van der Waals surface area (Å²) in [7, 11) is 0. The SMILES string of the molecule is CCCCC(=O)Nc1ccc(-c2ccc(C=O)o2)cc1C. The topological polar surface area (TPSA) is 59.3 Å². The average molecular weight is 285 g/mol. The molecule has 110 valence electrons. The maximum Gasteiger partial charge on any atom is 0.224 e. The zero-order chi connectivity index (χ0) is 15.2. The summed E-state index contributed by atoms with van der Waals surface area (Å²) < 4.78 is 5.39. The van der Waals surface area contributed by atoms with Gasteiger partial charge in [0.15, 0.2) is 12.0 Å². The molecule has 0 saturated carbocycles. The average Bonchev–Trinajstić information content (AvgIpc) is 2.96. The molecule has 0 aliphatic carbocycles. The van der Waals surface area contributed by atoms with Crippen molar-refractivity contribution in [3.63, 3.8) is 0 Å². The van der Waals surface area contributed by atoms with Crippen molar-refractivity contribution in [2.75, 3.05) is 5.32 Å². The molecule has 2 rings (SSSR count). The van der Waals surface area contributed by atoms with E-state index in [1.165, 1.54) is 0 Å². The highest BCUT2D eigenvalue weighted by atomic mass is 16.3. The summed E-state index contributed by atoms with van der Waals surface area (Å²) in [4.78, 5) is 22.4. The molecule has 2 aromatic rings. The molecule has 0 fully saturated rings. The highest BCUT2D eigenvalue weighted by molar-refractivity contribution is 5.91. The number of carbonyl (C=O) groups is 2. The summed E-state index contributed by atoms with van der Waals surface area (Å²) in [6.07, 6.45) is 3.12. The number of furan rings is 1. The second-order valence-electron chi connectivity index (χ2n) is 5.00. The molecule has 1 N–H and O–H groups in total. The molecule has 1 aromatic carbocycles. The summed E-state index contributed by atoms with van der Waals surface area (Å²) >= 11 is 0. The lowest BCUT2D eigenvalue weighted by atomic mass is 10.1. The van der Waals surface area contributed by atoms with E-state index in [-0.39, 0.29) is 5.91 Å². The summed E-state index contributed by atoms with van der Waals surface area (Å²) in [6.45, 7) is 3.99. The van der Waals surface area contributed by atoms with Crippen molar-refractivity contribution in [1.82, 2.24) is 0 Å². The van der Waals surface area contributed by atoms with E-state index in [1.807, 2.05) is 25.1 Å². The molecule has 1 heterocycles. The summed E-state index contributed by atoms with van der Waals surface area (Å²) in [6, 6.07) is 9.06. The van der Waals surface area contributed by atoms with E-state index in [1.54, 1.807) is 12.1 Å². The molecule has 0 radical (unpaired) electrons. The second kappa shape index (κ2) is 6.88. The van der Waals surface area contributed by atoms with Crippen LogP contribution in [0.25, 0.3) is 11.3 Å². The van der Waals surface area contributed by atoms with Gasteiger partial charge in [-0.3, -0.25) is 9.59 Å². The van der Waals surface area contributed by atoms with Crippen molar-refractivity contribution in [1.29, 1.82) is 0 Å². The fraction of sp³-hybridized carbons (Fsp3) is 0.294. The Kier molecular flexibility index (Phi) is 4.93. The van der Waals surface area contributed by atoms with Gasteiger partial charge < -0.3 is 9.73 Å². The number of amides is 1. The van der Waals surface area contributed by atoms with Gasteiger partial charge in [-0.05, 0) is 49.2 Å². The largest absolute Gasteiger partial charge is 0.453 e. The van der Waals surface area contributed by atoms with Crippen molar-refractivity contribution in [3.05, 3.63) is 41.7 Å². The summed E-state index contributed by atoms with van der Waals surface area (Å²) in [5.74, 6) is 0.984. The highest BCUT2D eigenvalue weighted by Crippen LogP contribution is 2.26. The molecule has 0 saturated heterocycles. The maximum absolute atomic E-state index is 11.8. The monoisotopic (exact) mass is 285 g/mol. The molecule has 0 aliphatic heterocycles. The van der Waals surface area contributed by atoms with Gasteiger partial charge in [0.2, 0.25) is 5.91 Å². The van der Waals surface area contributed by atoms with E-state index < -0.39 is 0 Å². The van der Waals surface area contributed by atoms with Crippen LogP contribution in [-0.4, -0.2) is 12.2 Å². The third-order valence-electron chi connectivity index (χ3n) is 3.29. The number of carbonyl (C=O) groups excluding carboxylic acids is 2. The highest BCUT2D eigenvalue weighted by Gasteiger charge is 2.08. The first kappa shape index (κ1) is 15.0. The van der Waals surface area contributed by atoms with Crippen LogP contribution in [0.1, 0.15) is 42.3 Å². The minimum atomic E-state index is 0.0361. The van der Waals surface area contributed by atoms with Gasteiger partial charge >= 0.3 is 0 Å². The lowest BCUT2D eigenvalue weighted by Gasteiger charge is -2.09. The van der Waals surface area contributed by atoms with Crippen molar-refractivity contribution in [2.45, 2.75) is 33.1 Å². The van der Waals surface area contributed by atoms with Crippen molar-refractivity contribution in [2.24, 2.45) is 0 Å². The Bertz CT molecular complexity index is 643. The van der Waals surface area contributed by atoms with Gasteiger partial charge in [0.05, 0.1) is 0 Å². The summed E-state index contributed by atoms with van der Waals surface area (Å²) in [5, 5.41) is 2.91. The smallest absolute Gasteiger partial charge is 0.224 e. The molecule has 4 nitrogen and oxygen atoms in total. The third kappa shape index (κ3) is 3.81. The number of nitrogens with one attached hydrogen (secondary N) is 1. The fourth-order valence-corrected chi connectivity index (χ4v) is 2.08. The zero-order valence-corrected chi connectivity index (χ0v) is 12.3. The van der Waals surface area contributed by atoms with Crippen molar-refractivity contribution < 1.29 is 14.0 Å². The number of hydrogen-bond donors (Lipinski definition) is 1. The van der Waals surface area contributed by atoms with E-state index in [0.29, 0.717) is 24.2 Å². The van der Waals surface area contributed by atoms with Crippen LogP contribution in [0.2, 0.25) is 0 Å². The van der Waals surface area contributed by atoms with Crippen LogP contribution in [-0.2, 0) is 4.79 Å². The maximum atomic E-state index is 11.8. The number of rotatable bonds is 6. The van der Waals surface area contributed by atoms with Crippen LogP contribution >= 0.6 is 0 Å². The molecule has 1 aromatic heterocycles. The lowest BCUT2D eigenvalue weighted by Crippen LogP contribution is -2.11.